The van der Waals surface area contributed by atoms with Gasteiger partial charge in [-0.2, -0.15) is 0 Å². The number of aromatic nitrogens is 1. The van der Waals surface area contributed by atoms with Crippen LogP contribution in [0.3, 0.4) is 0 Å². The first-order chi connectivity index (χ1) is 9.97. The van der Waals surface area contributed by atoms with E-state index in [9.17, 15) is 9.90 Å². The smallest absolute Gasteiger partial charge is 0.323 e. The molecule has 5 heteroatoms. The number of fused-ring (bicyclic) bond motifs is 1. The maximum absolute atomic E-state index is 11.8. The molecule has 0 saturated carbocycles. The lowest BCUT2D eigenvalue weighted by Gasteiger charge is -2.12. The summed E-state index contributed by atoms with van der Waals surface area (Å²) in [6.07, 6.45) is 3.02. The summed E-state index contributed by atoms with van der Waals surface area (Å²) < 4.78 is 5.18. The Labute approximate surface area is 124 Å². The van der Waals surface area contributed by atoms with Gasteiger partial charge in [0.1, 0.15) is 11.8 Å². The number of aromatic amines is 1. The van der Waals surface area contributed by atoms with Crippen molar-refractivity contribution in [2.75, 3.05) is 6.61 Å². The van der Waals surface area contributed by atoms with Crippen molar-refractivity contribution in [1.29, 1.82) is 0 Å². The second-order valence-corrected chi connectivity index (χ2v) is 5.70. The van der Waals surface area contributed by atoms with Gasteiger partial charge < -0.3 is 20.6 Å². The first-order valence-corrected chi connectivity index (χ1v) is 7.18. The summed E-state index contributed by atoms with van der Waals surface area (Å²) in [5.41, 5.74) is 7.71. The van der Waals surface area contributed by atoms with Crippen molar-refractivity contribution in [1.82, 2.24) is 4.98 Å². The minimum absolute atomic E-state index is 0.191. The zero-order valence-electron chi connectivity index (χ0n) is 12.4. The number of benzene rings is 1. The first kappa shape index (κ1) is 15.4. The third kappa shape index (κ3) is 3.98. The fourth-order valence-corrected chi connectivity index (χ4v) is 2.16. The van der Waals surface area contributed by atoms with E-state index in [1.807, 2.05) is 6.20 Å². The summed E-state index contributed by atoms with van der Waals surface area (Å²) in [7, 11) is 0. The van der Waals surface area contributed by atoms with Gasteiger partial charge in [-0.1, -0.05) is 13.8 Å². The van der Waals surface area contributed by atoms with E-state index in [1.54, 1.807) is 18.2 Å². The van der Waals surface area contributed by atoms with Gasteiger partial charge in [0.25, 0.3) is 0 Å². The van der Waals surface area contributed by atoms with Crippen molar-refractivity contribution in [2.24, 2.45) is 11.7 Å². The summed E-state index contributed by atoms with van der Waals surface area (Å²) in [6.45, 7) is 4.55. The van der Waals surface area contributed by atoms with Gasteiger partial charge in [-0.05, 0) is 36.1 Å². The fraction of sp³-hybridized carbons (Fsp3) is 0.438. The Morgan fingerprint density at radius 1 is 1.43 bits per heavy atom. The number of carbonyl (C=O) groups excluding carboxylic acids is 1. The molecule has 0 aliphatic heterocycles. The van der Waals surface area contributed by atoms with Crippen molar-refractivity contribution in [3.8, 4) is 5.75 Å². The minimum atomic E-state index is -0.696. The molecule has 1 unspecified atom stereocenters. The topological polar surface area (TPSA) is 88.3 Å². The standard InChI is InChI=1S/C16H22N2O3/c1-10(2)5-6-21-16(20)14(17)7-11-9-18-15-4-3-12(19)8-13(11)15/h3-4,8-10,14,18-19H,5-7,17H2,1-2H3. The minimum Gasteiger partial charge on any atom is -0.508 e. The highest BCUT2D eigenvalue weighted by atomic mass is 16.5. The van der Waals surface area contributed by atoms with Crippen molar-refractivity contribution in [3.63, 3.8) is 0 Å². The van der Waals surface area contributed by atoms with Gasteiger partial charge in [0.2, 0.25) is 0 Å². The molecule has 21 heavy (non-hydrogen) atoms. The summed E-state index contributed by atoms with van der Waals surface area (Å²) in [4.78, 5) is 14.9. The molecule has 0 aliphatic rings. The van der Waals surface area contributed by atoms with Crippen LogP contribution in [-0.4, -0.2) is 28.7 Å². The number of phenolic OH excluding ortho intramolecular Hbond substituents is 1. The van der Waals surface area contributed by atoms with E-state index < -0.39 is 6.04 Å². The molecule has 0 spiro atoms. The van der Waals surface area contributed by atoms with Crippen LogP contribution in [0.1, 0.15) is 25.8 Å². The van der Waals surface area contributed by atoms with Crippen molar-refractivity contribution in [2.45, 2.75) is 32.7 Å². The number of esters is 1. The molecule has 5 nitrogen and oxygen atoms in total. The Kier molecular flexibility index (Phi) is 4.85. The van der Waals surface area contributed by atoms with Crippen LogP contribution in [0.2, 0.25) is 0 Å². The predicted octanol–water partition coefficient (Wildman–Crippen LogP) is 2.33. The summed E-state index contributed by atoms with van der Waals surface area (Å²) in [5, 5.41) is 10.4. The molecule has 4 N–H and O–H groups in total. The molecular formula is C16H22N2O3. The van der Waals surface area contributed by atoms with Crippen molar-refractivity contribution < 1.29 is 14.6 Å². The molecule has 0 saturated heterocycles. The van der Waals surface area contributed by atoms with Gasteiger partial charge in [-0.3, -0.25) is 4.79 Å². The molecular weight excluding hydrogens is 268 g/mol. The Hall–Kier alpha value is -2.01. The van der Waals surface area contributed by atoms with E-state index in [0.717, 1.165) is 22.9 Å². The van der Waals surface area contributed by atoms with E-state index in [4.69, 9.17) is 10.5 Å². The maximum atomic E-state index is 11.8. The largest absolute Gasteiger partial charge is 0.508 e. The van der Waals surface area contributed by atoms with Crippen LogP contribution in [0.5, 0.6) is 5.75 Å². The number of aromatic hydroxyl groups is 1. The van der Waals surface area contributed by atoms with Crippen LogP contribution < -0.4 is 5.73 Å². The zero-order valence-corrected chi connectivity index (χ0v) is 12.4. The van der Waals surface area contributed by atoms with Crippen LogP contribution in [0.4, 0.5) is 0 Å². The lowest BCUT2D eigenvalue weighted by Crippen LogP contribution is -2.34. The molecule has 1 heterocycles. The Morgan fingerprint density at radius 2 is 2.19 bits per heavy atom. The van der Waals surface area contributed by atoms with Crippen LogP contribution in [-0.2, 0) is 16.0 Å². The SMILES string of the molecule is CC(C)CCOC(=O)C(N)Cc1c[nH]c2ccc(O)cc12. The molecule has 0 amide bonds. The molecule has 1 aromatic carbocycles. The lowest BCUT2D eigenvalue weighted by atomic mass is 10.1. The summed E-state index contributed by atoms with van der Waals surface area (Å²) in [6, 6.07) is 4.37. The van der Waals surface area contributed by atoms with E-state index in [-0.39, 0.29) is 11.7 Å². The Balaban J connectivity index is 1.99. The molecule has 0 bridgehead atoms. The number of carbonyl (C=O) groups is 1. The number of nitrogens with two attached hydrogens (primary N) is 1. The van der Waals surface area contributed by atoms with E-state index >= 15 is 0 Å². The van der Waals surface area contributed by atoms with Gasteiger partial charge in [-0.25, -0.2) is 0 Å². The van der Waals surface area contributed by atoms with E-state index in [0.29, 0.717) is 18.9 Å². The number of nitrogens with one attached hydrogen (secondary N) is 1. The number of rotatable bonds is 6. The molecule has 2 rings (SSSR count). The summed E-state index contributed by atoms with van der Waals surface area (Å²) >= 11 is 0. The number of phenols is 1. The van der Waals surface area contributed by atoms with Crippen LogP contribution in [0.25, 0.3) is 10.9 Å². The Bertz CT molecular complexity index is 619. The average molecular weight is 290 g/mol. The second-order valence-electron chi connectivity index (χ2n) is 5.70. The molecule has 1 atom stereocenters. The van der Waals surface area contributed by atoms with Gasteiger partial charge in [-0.15, -0.1) is 0 Å². The highest BCUT2D eigenvalue weighted by Gasteiger charge is 2.17. The van der Waals surface area contributed by atoms with Crippen LogP contribution in [0.15, 0.2) is 24.4 Å². The van der Waals surface area contributed by atoms with Crippen molar-refractivity contribution >= 4 is 16.9 Å². The zero-order chi connectivity index (χ0) is 15.4. The monoisotopic (exact) mass is 290 g/mol. The predicted molar refractivity (Wildman–Crippen MR) is 82.1 cm³/mol. The van der Waals surface area contributed by atoms with Gasteiger partial charge in [0.05, 0.1) is 6.61 Å². The molecule has 2 aromatic rings. The van der Waals surface area contributed by atoms with E-state index in [2.05, 4.69) is 18.8 Å². The quantitative estimate of drug-likeness (QED) is 0.712. The molecule has 114 valence electrons. The van der Waals surface area contributed by atoms with Gasteiger partial charge in [0.15, 0.2) is 0 Å². The average Bonchev–Trinajstić information content (AvgIpc) is 2.80. The fourth-order valence-electron chi connectivity index (χ4n) is 2.16. The molecule has 0 fully saturated rings. The number of hydrogen-bond donors (Lipinski definition) is 3. The highest BCUT2D eigenvalue weighted by Crippen LogP contribution is 2.23. The van der Waals surface area contributed by atoms with Gasteiger partial charge >= 0.3 is 5.97 Å². The van der Waals surface area contributed by atoms with Crippen LogP contribution in [0, 0.1) is 5.92 Å². The van der Waals surface area contributed by atoms with Gasteiger partial charge in [0, 0.05) is 23.5 Å². The maximum Gasteiger partial charge on any atom is 0.323 e. The molecule has 0 aliphatic carbocycles. The third-order valence-electron chi connectivity index (χ3n) is 3.43. The normalized spacial score (nSPS) is 12.8. The first-order valence-electron chi connectivity index (χ1n) is 7.18. The number of hydrogen-bond acceptors (Lipinski definition) is 4. The van der Waals surface area contributed by atoms with Crippen molar-refractivity contribution in [3.05, 3.63) is 30.0 Å². The highest BCUT2D eigenvalue weighted by molar-refractivity contribution is 5.85. The third-order valence-corrected chi connectivity index (χ3v) is 3.43. The summed E-state index contributed by atoms with van der Waals surface area (Å²) in [5.74, 6) is 0.298. The molecule has 0 radical (unpaired) electrons. The van der Waals surface area contributed by atoms with E-state index in [1.165, 1.54) is 0 Å². The van der Waals surface area contributed by atoms with Crippen LogP contribution >= 0.6 is 0 Å². The number of ether oxygens (including phenoxy) is 1. The second kappa shape index (κ2) is 6.63. The molecule has 1 aromatic heterocycles. The Morgan fingerprint density at radius 3 is 2.90 bits per heavy atom. The number of H-pyrrole nitrogens is 1. The lowest BCUT2D eigenvalue weighted by molar-refractivity contribution is -0.145.